The second-order valence-electron chi connectivity index (χ2n) is 5.98. The molecule has 1 aromatic carbocycles. The Bertz CT molecular complexity index is 392. The minimum atomic E-state index is 0.217. The summed E-state index contributed by atoms with van der Waals surface area (Å²) >= 11 is 0. The molecule has 2 heteroatoms. The van der Waals surface area contributed by atoms with Gasteiger partial charge in [-0.05, 0) is 28.5 Å². The third kappa shape index (κ3) is 2.88. The van der Waals surface area contributed by atoms with Crippen LogP contribution in [-0.2, 0) is 18.4 Å². The third-order valence-corrected chi connectivity index (χ3v) is 3.58. The Morgan fingerprint density at radius 1 is 1.24 bits per heavy atom. The van der Waals surface area contributed by atoms with Crippen LogP contribution in [0.5, 0.6) is 0 Å². The Morgan fingerprint density at radius 2 is 2.00 bits per heavy atom. The zero-order valence-corrected chi connectivity index (χ0v) is 11.2. The molecule has 0 saturated carbocycles. The van der Waals surface area contributed by atoms with Crippen molar-refractivity contribution in [1.29, 1.82) is 0 Å². The maximum Gasteiger partial charge on any atom is 0.0558 e. The van der Waals surface area contributed by atoms with Crippen molar-refractivity contribution in [2.24, 2.45) is 0 Å². The van der Waals surface area contributed by atoms with E-state index >= 15 is 0 Å². The Labute approximate surface area is 104 Å². The predicted octanol–water partition coefficient (Wildman–Crippen LogP) is 2.33. The minimum Gasteiger partial charge on any atom is -0.395 e. The zero-order valence-electron chi connectivity index (χ0n) is 11.2. The van der Waals surface area contributed by atoms with E-state index in [9.17, 15) is 0 Å². The Balaban J connectivity index is 2.23. The van der Waals surface area contributed by atoms with Gasteiger partial charge in [-0.1, -0.05) is 39.0 Å². The summed E-state index contributed by atoms with van der Waals surface area (Å²) in [5, 5.41) is 9.01. The quantitative estimate of drug-likeness (QED) is 0.847. The van der Waals surface area contributed by atoms with Crippen molar-refractivity contribution < 1.29 is 5.11 Å². The van der Waals surface area contributed by atoms with Crippen molar-refractivity contribution in [3.8, 4) is 0 Å². The van der Waals surface area contributed by atoms with Crippen LogP contribution in [0.15, 0.2) is 18.2 Å². The molecule has 1 N–H and O–H groups in total. The highest BCUT2D eigenvalue weighted by Gasteiger charge is 2.19. The van der Waals surface area contributed by atoms with E-state index in [4.69, 9.17) is 5.11 Å². The highest BCUT2D eigenvalue weighted by atomic mass is 16.3. The lowest BCUT2D eigenvalue weighted by Gasteiger charge is -2.30. The summed E-state index contributed by atoms with van der Waals surface area (Å²) in [7, 11) is 0. The van der Waals surface area contributed by atoms with E-state index in [1.807, 2.05) is 0 Å². The number of nitrogens with zero attached hydrogens (tertiary/aromatic N) is 1. The number of aliphatic hydroxyl groups is 1. The first-order chi connectivity index (χ1) is 8.00. The molecule has 0 fully saturated rings. The first-order valence-electron chi connectivity index (χ1n) is 6.46. The van der Waals surface area contributed by atoms with Crippen LogP contribution in [0.3, 0.4) is 0 Å². The van der Waals surface area contributed by atoms with Crippen molar-refractivity contribution in [3.05, 3.63) is 34.9 Å². The normalized spacial score (nSPS) is 16.9. The molecule has 0 amide bonds. The van der Waals surface area contributed by atoms with Crippen molar-refractivity contribution in [2.45, 2.75) is 39.2 Å². The molecule has 1 aliphatic heterocycles. The van der Waals surface area contributed by atoms with Crippen LogP contribution in [0.4, 0.5) is 0 Å². The first-order valence-corrected chi connectivity index (χ1v) is 6.46. The van der Waals surface area contributed by atoms with Gasteiger partial charge in [0.15, 0.2) is 0 Å². The van der Waals surface area contributed by atoms with Crippen molar-refractivity contribution >= 4 is 0 Å². The predicted molar refractivity (Wildman–Crippen MR) is 71.2 cm³/mol. The van der Waals surface area contributed by atoms with E-state index in [1.165, 1.54) is 16.7 Å². The fourth-order valence-electron chi connectivity index (χ4n) is 2.41. The monoisotopic (exact) mass is 233 g/mol. The minimum absolute atomic E-state index is 0.217. The standard InChI is InChI=1S/C15H23NO/c1-15(2,3)14-5-4-12-6-7-16(8-9-17)11-13(12)10-14/h4-5,10,17H,6-9,11H2,1-3H3. The molecule has 0 atom stereocenters. The molecule has 0 spiro atoms. The summed E-state index contributed by atoms with van der Waals surface area (Å²) in [6, 6.07) is 6.89. The van der Waals surface area contributed by atoms with Gasteiger partial charge in [-0.25, -0.2) is 0 Å². The number of hydrogen-bond acceptors (Lipinski definition) is 2. The molecule has 0 bridgehead atoms. The van der Waals surface area contributed by atoms with Gasteiger partial charge >= 0.3 is 0 Å². The van der Waals surface area contributed by atoms with E-state index in [1.54, 1.807) is 0 Å². The smallest absolute Gasteiger partial charge is 0.0558 e. The van der Waals surface area contributed by atoms with Crippen LogP contribution in [0.25, 0.3) is 0 Å². The number of β-amino-alcohol motifs (C(OH)–C–C–N with tert-alkyl or cyclic N) is 1. The maximum absolute atomic E-state index is 9.01. The third-order valence-electron chi connectivity index (χ3n) is 3.58. The summed E-state index contributed by atoms with van der Waals surface area (Å²) < 4.78 is 0. The van der Waals surface area contributed by atoms with Gasteiger partial charge < -0.3 is 5.11 Å². The van der Waals surface area contributed by atoms with Gasteiger partial charge in [0.2, 0.25) is 0 Å². The van der Waals surface area contributed by atoms with Gasteiger partial charge in [-0.2, -0.15) is 0 Å². The van der Waals surface area contributed by atoms with Crippen molar-refractivity contribution in [1.82, 2.24) is 4.90 Å². The lowest BCUT2D eigenvalue weighted by molar-refractivity contribution is 0.184. The molecule has 2 rings (SSSR count). The first kappa shape index (κ1) is 12.6. The van der Waals surface area contributed by atoms with Crippen LogP contribution in [0.2, 0.25) is 0 Å². The van der Waals surface area contributed by atoms with Gasteiger partial charge in [0, 0.05) is 19.6 Å². The highest BCUT2D eigenvalue weighted by molar-refractivity contribution is 5.36. The van der Waals surface area contributed by atoms with Gasteiger partial charge in [0.1, 0.15) is 0 Å². The van der Waals surface area contributed by atoms with E-state index in [0.29, 0.717) is 0 Å². The maximum atomic E-state index is 9.01. The molecule has 0 aliphatic carbocycles. The topological polar surface area (TPSA) is 23.5 Å². The average molecular weight is 233 g/mol. The SMILES string of the molecule is CC(C)(C)c1ccc2c(c1)CN(CCO)CC2. The summed E-state index contributed by atoms with van der Waals surface area (Å²) in [5.41, 5.74) is 4.54. The van der Waals surface area contributed by atoms with Gasteiger partial charge in [0.05, 0.1) is 6.61 Å². The number of hydrogen-bond donors (Lipinski definition) is 1. The Morgan fingerprint density at radius 3 is 2.65 bits per heavy atom. The molecule has 17 heavy (non-hydrogen) atoms. The average Bonchev–Trinajstić information content (AvgIpc) is 2.27. The highest BCUT2D eigenvalue weighted by Crippen LogP contribution is 2.27. The number of benzene rings is 1. The molecular formula is C15H23NO. The van der Waals surface area contributed by atoms with Gasteiger partial charge in [-0.15, -0.1) is 0 Å². The molecule has 1 aromatic rings. The van der Waals surface area contributed by atoms with Crippen LogP contribution < -0.4 is 0 Å². The summed E-state index contributed by atoms with van der Waals surface area (Å²) in [6.07, 6.45) is 1.11. The second kappa shape index (κ2) is 4.79. The summed E-state index contributed by atoms with van der Waals surface area (Å²) in [6.45, 7) is 9.87. The summed E-state index contributed by atoms with van der Waals surface area (Å²) in [5.74, 6) is 0. The Kier molecular flexibility index (Phi) is 3.55. The molecule has 0 aromatic heterocycles. The summed E-state index contributed by atoms with van der Waals surface area (Å²) in [4.78, 5) is 2.33. The van der Waals surface area contributed by atoms with Crippen LogP contribution in [0.1, 0.15) is 37.5 Å². The van der Waals surface area contributed by atoms with Gasteiger partial charge in [0.25, 0.3) is 0 Å². The fourth-order valence-corrected chi connectivity index (χ4v) is 2.41. The van der Waals surface area contributed by atoms with Crippen molar-refractivity contribution in [3.63, 3.8) is 0 Å². The van der Waals surface area contributed by atoms with Crippen LogP contribution in [-0.4, -0.2) is 29.7 Å². The molecule has 0 radical (unpaired) electrons. The molecule has 94 valence electrons. The molecule has 0 saturated heterocycles. The zero-order chi connectivity index (χ0) is 12.5. The number of fused-ring (bicyclic) bond motifs is 1. The van der Waals surface area contributed by atoms with E-state index in [-0.39, 0.29) is 12.0 Å². The second-order valence-corrected chi connectivity index (χ2v) is 5.98. The van der Waals surface area contributed by atoms with Crippen LogP contribution >= 0.6 is 0 Å². The molecular weight excluding hydrogens is 210 g/mol. The van der Waals surface area contributed by atoms with Crippen molar-refractivity contribution in [2.75, 3.05) is 19.7 Å². The van der Waals surface area contributed by atoms with E-state index < -0.39 is 0 Å². The van der Waals surface area contributed by atoms with E-state index in [0.717, 1.165) is 26.1 Å². The Hall–Kier alpha value is -0.860. The largest absolute Gasteiger partial charge is 0.395 e. The molecule has 0 unspecified atom stereocenters. The molecule has 1 aliphatic rings. The number of aliphatic hydroxyl groups excluding tert-OH is 1. The van der Waals surface area contributed by atoms with E-state index in [2.05, 4.69) is 43.9 Å². The molecule has 1 heterocycles. The lowest BCUT2D eigenvalue weighted by atomic mass is 9.84. The van der Waals surface area contributed by atoms with Gasteiger partial charge in [-0.3, -0.25) is 4.90 Å². The van der Waals surface area contributed by atoms with Crippen LogP contribution in [0, 0.1) is 0 Å². The number of rotatable bonds is 2. The molecule has 2 nitrogen and oxygen atoms in total. The lowest BCUT2D eigenvalue weighted by Crippen LogP contribution is -2.33. The fraction of sp³-hybridized carbons (Fsp3) is 0.600.